The summed E-state index contributed by atoms with van der Waals surface area (Å²) in [6, 6.07) is 0. The van der Waals surface area contributed by atoms with Gasteiger partial charge in [0.15, 0.2) is 0 Å². The van der Waals surface area contributed by atoms with Gasteiger partial charge in [0.1, 0.15) is 11.2 Å². The van der Waals surface area contributed by atoms with Crippen LogP contribution < -0.4 is 5.32 Å². The summed E-state index contributed by atoms with van der Waals surface area (Å²) in [6.45, 7) is 12.5. The predicted octanol–water partition coefficient (Wildman–Crippen LogP) is 1.37. The molecule has 0 bridgehead atoms. The SMILES string of the molecule is CC(C)(C)OC(=O)N1CC(C)(C)OC2(CNC2)C1. The monoisotopic (exact) mass is 256 g/mol. The lowest BCUT2D eigenvalue weighted by Gasteiger charge is -2.54. The second-order valence-electron chi connectivity index (χ2n) is 6.98. The summed E-state index contributed by atoms with van der Waals surface area (Å²) in [5.41, 5.74) is -1.000. The Bertz CT molecular complexity index is 343. The highest BCUT2D eigenvalue weighted by atomic mass is 16.6. The molecule has 0 aliphatic carbocycles. The van der Waals surface area contributed by atoms with Crippen molar-refractivity contribution in [2.75, 3.05) is 26.2 Å². The quantitative estimate of drug-likeness (QED) is 0.711. The maximum absolute atomic E-state index is 12.2. The zero-order chi connectivity index (χ0) is 13.6. The Labute approximate surface area is 109 Å². The summed E-state index contributed by atoms with van der Waals surface area (Å²) in [5.74, 6) is 0. The fourth-order valence-electron chi connectivity index (χ4n) is 2.56. The van der Waals surface area contributed by atoms with E-state index in [-0.39, 0.29) is 17.3 Å². The van der Waals surface area contributed by atoms with Crippen molar-refractivity contribution in [2.45, 2.75) is 51.4 Å². The fraction of sp³-hybridized carbons (Fsp3) is 0.923. The van der Waals surface area contributed by atoms with Crippen molar-refractivity contribution in [3.63, 3.8) is 0 Å². The van der Waals surface area contributed by atoms with E-state index in [4.69, 9.17) is 9.47 Å². The topological polar surface area (TPSA) is 50.8 Å². The third kappa shape index (κ3) is 2.95. The molecule has 2 saturated heterocycles. The molecule has 1 spiro atoms. The molecule has 0 unspecified atom stereocenters. The van der Waals surface area contributed by atoms with E-state index < -0.39 is 5.60 Å². The number of nitrogens with zero attached hydrogens (tertiary/aromatic N) is 1. The van der Waals surface area contributed by atoms with Crippen molar-refractivity contribution in [3.05, 3.63) is 0 Å². The van der Waals surface area contributed by atoms with Gasteiger partial charge >= 0.3 is 6.09 Å². The molecule has 0 saturated carbocycles. The number of rotatable bonds is 0. The molecule has 0 radical (unpaired) electrons. The molecule has 0 aromatic heterocycles. The highest BCUT2D eigenvalue weighted by molar-refractivity contribution is 5.68. The smallest absolute Gasteiger partial charge is 0.410 e. The van der Waals surface area contributed by atoms with E-state index in [0.29, 0.717) is 13.1 Å². The van der Waals surface area contributed by atoms with Crippen molar-refractivity contribution in [1.82, 2.24) is 10.2 Å². The van der Waals surface area contributed by atoms with Gasteiger partial charge < -0.3 is 19.7 Å². The molecule has 5 heteroatoms. The fourth-order valence-corrected chi connectivity index (χ4v) is 2.56. The lowest BCUT2D eigenvalue weighted by Crippen LogP contribution is -2.73. The number of morpholine rings is 1. The Balaban J connectivity index is 2.06. The van der Waals surface area contributed by atoms with Gasteiger partial charge in [-0.05, 0) is 34.6 Å². The number of hydrogen-bond acceptors (Lipinski definition) is 4. The van der Waals surface area contributed by atoms with Crippen molar-refractivity contribution in [3.8, 4) is 0 Å². The summed E-state index contributed by atoms with van der Waals surface area (Å²) in [4.78, 5) is 13.9. The van der Waals surface area contributed by atoms with Gasteiger partial charge in [-0.3, -0.25) is 0 Å². The normalized spacial score (nSPS) is 25.7. The molecule has 1 amide bonds. The molecule has 0 aromatic carbocycles. The van der Waals surface area contributed by atoms with Gasteiger partial charge in [-0.25, -0.2) is 4.79 Å². The first-order chi connectivity index (χ1) is 8.11. The third-order valence-corrected chi connectivity index (χ3v) is 3.09. The second-order valence-corrected chi connectivity index (χ2v) is 6.98. The zero-order valence-corrected chi connectivity index (χ0v) is 12.0. The summed E-state index contributed by atoms with van der Waals surface area (Å²) < 4.78 is 11.5. The minimum Gasteiger partial charge on any atom is -0.444 e. The summed E-state index contributed by atoms with van der Waals surface area (Å²) in [5, 5.41) is 3.21. The van der Waals surface area contributed by atoms with Crippen LogP contribution in [0.4, 0.5) is 4.79 Å². The largest absolute Gasteiger partial charge is 0.444 e. The molecular weight excluding hydrogens is 232 g/mol. The first kappa shape index (κ1) is 13.6. The van der Waals surface area contributed by atoms with E-state index in [9.17, 15) is 4.79 Å². The van der Waals surface area contributed by atoms with Gasteiger partial charge in [-0.15, -0.1) is 0 Å². The van der Waals surface area contributed by atoms with Gasteiger partial charge in [0.05, 0.1) is 18.7 Å². The summed E-state index contributed by atoms with van der Waals surface area (Å²) >= 11 is 0. The molecule has 0 aromatic rings. The lowest BCUT2D eigenvalue weighted by atomic mass is 9.91. The van der Waals surface area contributed by atoms with E-state index in [0.717, 1.165) is 13.1 Å². The van der Waals surface area contributed by atoms with Crippen LogP contribution in [0.2, 0.25) is 0 Å². The number of nitrogens with one attached hydrogen (secondary N) is 1. The zero-order valence-electron chi connectivity index (χ0n) is 12.0. The first-order valence-electron chi connectivity index (χ1n) is 6.50. The van der Waals surface area contributed by atoms with Crippen LogP contribution >= 0.6 is 0 Å². The van der Waals surface area contributed by atoms with E-state index in [2.05, 4.69) is 5.32 Å². The van der Waals surface area contributed by atoms with Crippen molar-refractivity contribution in [1.29, 1.82) is 0 Å². The van der Waals surface area contributed by atoms with Crippen molar-refractivity contribution < 1.29 is 14.3 Å². The number of amides is 1. The van der Waals surface area contributed by atoms with Crippen LogP contribution in [0.1, 0.15) is 34.6 Å². The van der Waals surface area contributed by atoms with E-state index in [1.54, 1.807) is 4.90 Å². The lowest BCUT2D eigenvalue weighted by molar-refractivity contribution is -0.210. The van der Waals surface area contributed by atoms with Gasteiger partial charge in [-0.2, -0.15) is 0 Å². The molecule has 2 rings (SSSR count). The molecule has 0 atom stereocenters. The molecular formula is C13H24N2O3. The first-order valence-corrected chi connectivity index (χ1v) is 6.50. The second kappa shape index (κ2) is 4.10. The molecule has 2 aliphatic rings. The van der Waals surface area contributed by atoms with Crippen LogP contribution in [-0.4, -0.2) is 54.0 Å². The highest BCUT2D eigenvalue weighted by Gasteiger charge is 2.50. The van der Waals surface area contributed by atoms with Crippen LogP contribution in [0.5, 0.6) is 0 Å². The molecule has 104 valence electrons. The highest BCUT2D eigenvalue weighted by Crippen LogP contribution is 2.32. The third-order valence-electron chi connectivity index (χ3n) is 3.09. The van der Waals surface area contributed by atoms with E-state index >= 15 is 0 Å². The van der Waals surface area contributed by atoms with Gasteiger partial charge in [0.25, 0.3) is 0 Å². The maximum atomic E-state index is 12.2. The molecule has 2 aliphatic heterocycles. The van der Waals surface area contributed by atoms with Crippen molar-refractivity contribution >= 4 is 6.09 Å². The van der Waals surface area contributed by atoms with Crippen LogP contribution in [0.3, 0.4) is 0 Å². The molecule has 2 heterocycles. The van der Waals surface area contributed by atoms with E-state index in [1.165, 1.54) is 0 Å². The number of carbonyl (C=O) groups excluding carboxylic acids is 1. The van der Waals surface area contributed by atoms with Crippen LogP contribution in [0.15, 0.2) is 0 Å². The van der Waals surface area contributed by atoms with Gasteiger partial charge in [0, 0.05) is 13.1 Å². The minimum atomic E-state index is -0.454. The van der Waals surface area contributed by atoms with E-state index in [1.807, 2.05) is 34.6 Å². The standard InChI is InChI=1S/C13H24N2O3/c1-11(2,3)17-10(16)15-8-12(4,5)18-13(9-15)6-14-7-13/h14H,6-9H2,1-5H3. The van der Waals surface area contributed by atoms with Crippen LogP contribution in [0, 0.1) is 0 Å². The number of ether oxygens (including phenoxy) is 2. The molecule has 5 nitrogen and oxygen atoms in total. The Morgan fingerprint density at radius 3 is 2.33 bits per heavy atom. The van der Waals surface area contributed by atoms with Crippen LogP contribution in [0.25, 0.3) is 0 Å². The Morgan fingerprint density at radius 1 is 1.28 bits per heavy atom. The molecule has 18 heavy (non-hydrogen) atoms. The molecule has 2 fully saturated rings. The maximum Gasteiger partial charge on any atom is 0.410 e. The van der Waals surface area contributed by atoms with Gasteiger partial charge in [0.2, 0.25) is 0 Å². The Kier molecular flexibility index (Phi) is 3.10. The summed E-state index contributed by atoms with van der Waals surface area (Å²) in [7, 11) is 0. The average molecular weight is 256 g/mol. The Hall–Kier alpha value is -0.810. The van der Waals surface area contributed by atoms with Gasteiger partial charge in [-0.1, -0.05) is 0 Å². The molecule has 1 N–H and O–H groups in total. The Morgan fingerprint density at radius 2 is 1.89 bits per heavy atom. The minimum absolute atomic E-state index is 0.224. The van der Waals surface area contributed by atoms with Crippen molar-refractivity contribution in [2.24, 2.45) is 0 Å². The number of hydrogen-bond donors (Lipinski definition) is 1. The van der Waals surface area contributed by atoms with Crippen LogP contribution in [-0.2, 0) is 9.47 Å². The summed E-state index contributed by atoms with van der Waals surface area (Å²) in [6.07, 6.45) is -0.245. The predicted molar refractivity (Wildman–Crippen MR) is 68.6 cm³/mol. The average Bonchev–Trinajstić information content (AvgIpc) is 2.10. The number of carbonyl (C=O) groups is 1.